The molecule has 0 aliphatic heterocycles. The van der Waals surface area contributed by atoms with Crippen molar-refractivity contribution < 1.29 is 18.3 Å². The molecule has 2 N–H and O–H groups in total. The highest BCUT2D eigenvalue weighted by atomic mass is 32.2. The molecule has 1 atom stereocenters. The van der Waals surface area contributed by atoms with Gasteiger partial charge >= 0.3 is 0 Å². The highest BCUT2D eigenvalue weighted by Crippen LogP contribution is 1.97. The van der Waals surface area contributed by atoms with Crippen LogP contribution in [-0.2, 0) is 14.9 Å². The van der Waals surface area contributed by atoms with Crippen LogP contribution < -0.4 is 4.72 Å². The lowest BCUT2D eigenvalue weighted by atomic mass is 10.2. The minimum absolute atomic E-state index is 0.0794. The van der Waals surface area contributed by atoms with Crippen LogP contribution in [0.4, 0.5) is 0 Å². The van der Waals surface area contributed by atoms with E-state index in [0.717, 1.165) is 4.31 Å². The van der Waals surface area contributed by atoms with E-state index in [0.29, 0.717) is 6.42 Å². The average Bonchev–Trinajstić information content (AvgIpc) is 2.04. The second kappa shape index (κ2) is 6.31. The lowest BCUT2D eigenvalue weighted by Gasteiger charge is -2.19. The number of aliphatic hydroxyl groups is 1. The Bertz CT molecular complexity index is 234. The summed E-state index contributed by atoms with van der Waals surface area (Å²) in [4.78, 5) is 0. The van der Waals surface area contributed by atoms with E-state index in [1.807, 2.05) is 0 Å². The summed E-state index contributed by atoms with van der Waals surface area (Å²) in [5.41, 5.74) is 0. The second-order valence-corrected chi connectivity index (χ2v) is 4.99. The molecular weight excluding hydrogens is 208 g/mol. The maximum atomic E-state index is 11.4. The van der Waals surface area contributed by atoms with Crippen LogP contribution in [0.1, 0.15) is 6.42 Å². The van der Waals surface area contributed by atoms with Gasteiger partial charge in [0.15, 0.2) is 0 Å². The smallest absolute Gasteiger partial charge is 0.279 e. The van der Waals surface area contributed by atoms with Gasteiger partial charge in [-0.25, -0.2) is 0 Å². The zero-order valence-corrected chi connectivity index (χ0v) is 9.54. The molecule has 86 valence electrons. The molecular formula is C7H18N2O4S. The molecule has 0 aliphatic carbocycles. The minimum atomic E-state index is -3.45. The van der Waals surface area contributed by atoms with Gasteiger partial charge in [-0.1, -0.05) is 0 Å². The van der Waals surface area contributed by atoms with E-state index in [2.05, 4.69) is 4.72 Å². The SMILES string of the molecule is COCC(CCO)NS(=O)(=O)N(C)C. The molecule has 0 saturated carbocycles. The van der Waals surface area contributed by atoms with Crippen molar-refractivity contribution >= 4 is 10.2 Å². The van der Waals surface area contributed by atoms with Crippen LogP contribution >= 0.6 is 0 Å². The number of ether oxygens (including phenoxy) is 1. The molecule has 0 saturated heterocycles. The second-order valence-electron chi connectivity index (χ2n) is 3.07. The van der Waals surface area contributed by atoms with E-state index in [9.17, 15) is 8.42 Å². The third-order valence-electron chi connectivity index (χ3n) is 1.64. The van der Waals surface area contributed by atoms with Gasteiger partial charge in [0.25, 0.3) is 10.2 Å². The minimum Gasteiger partial charge on any atom is -0.396 e. The fourth-order valence-electron chi connectivity index (χ4n) is 0.849. The molecule has 0 aromatic rings. The molecule has 14 heavy (non-hydrogen) atoms. The molecule has 0 aromatic heterocycles. The van der Waals surface area contributed by atoms with Crippen molar-refractivity contribution in [1.82, 2.24) is 9.03 Å². The summed E-state index contributed by atoms with van der Waals surface area (Å²) in [5.74, 6) is 0. The first-order chi connectivity index (χ1) is 6.44. The third-order valence-corrected chi connectivity index (χ3v) is 3.23. The van der Waals surface area contributed by atoms with Crippen molar-refractivity contribution in [3.05, 3.63) is 0 Å². The van der Waals surface area contributed by atoms with Gasteiger partial charge in [-0.2, -0.15) is 17.4 Å². The molecule has 0 spiro atoms. The molecule has 0 radical (unpaired) electrons. The van der Waals surface area contributed by atoms with Crippen LogP contribution in [0.5, 0.6) is 0 Å². The van der Waals surface area contributed by atoms with Crippen molar-refractivity contribution in [1.29, 1.82) is 0 Å². The molecule has 0 fully saturated rings. The highest BCUT2D eigenvalue weighted by Gasteiger charge is 2.19. The normalized spacial score (nSPS) is 14.6. The van der Waals surface area contributed by atoms with Crippen molar-refractivity contribution in [2.75, 3.05) is 34.4 Å². The van der Waals surface area contributed by atoms with Crippen LogP contribution in [0.2, 0.25) is 0 Å². The monoisotopic (exact) mass is 226 g/mol. The van der Waals surface area contributed by atoms with Gasteiger partial charge in [0.1, 0.15) is 0 Å². The average molecular weight is 226 g/mol. The van der Waals surface area contributed by atoms with Crippen LogP contribution in [0.15, 0.2) is 0 Å². The number of hydrogen-bond donors (Lipinski definition) is 2. The number of aliphatic hydroxyl groups excluding tert-OH is 1. The number of nitrogens with zero attached hydrogens (tertiary/aromatic N) is 1. The zero-order chi connectivity index (χ0) is 11.2. The fraction of sp³-hybridized carbons (Fsp3) is 1.00. The molecule has 0 heterocycles. The van der Waals surface area contributed by atoms with E-state index in [1.165, 1.54) is 21.2 Å². The summed E-state index contributed by atoms with van der Waals surface area (Å²) in [7, 11) is 0.902. The van der Waals surface area contributed by atoms with Crippen LogP contribution in [-0.4, -0.2) is 58.3 Å². The molecule has 0 aliphatic rings. The Labute approximate surface area is 85.0 Å². The Morgan fingerprint density at radius 1 is 1.50 bits per heavy atom. The molecule has 0 bridgehead atoms. The maximum absolute atomic E-state index is 11.4. The van der Waals surface area contributed by atoms with E-state index < -0.39 is 16.3 Å². The van der Waals surface area contributed by atoms with Gasteiger partial charge in [-0.05, 0) is 6.42 Å². The summed E-state index contributed by atoms with van der Waals surface area (Å²) in [6.45, 7) is 0.164. The molecule has 6 nitrogen and oxygen atoms in total. The Morgan fingerprint density at radius 2 is 2.07 bits per heavy atom. The lowest BCUT2D eigenvalue weighted by Crippen LogP contribution is -2.44. The predicted molar refractivity (Wildman–Crippen MR) is 53.1 cm³/mol. The molecule has 7 heteroatoms. The number of methoxy groups -OCH3 is 1. The Hall–Kier alpha value is -0.210. The Kier molecular flexibility index (Phi) is 6.21. The number of hydrogen-bond acceptors (Lipinski definition) is 4. The first-order valence-corrected chi connectivity index (χ1v) is 5.67. The van der Waals surface area contributed by atoms with Gasteiger partial charge in [-0.3, -0.25) is 0 Å². The first kappa shape index (κ1) is 13.8. The highest BCUT2D eigenvalue weighted by molar-refractivity contribution is 7.87. The van der Waals surface area contributed by atoms with Gasteiger partial charge in [0.2, 0.25) is 0 Å². The van der Waals surface area contributed by atoms with Crippen LogP contribution in [0.3, 0.4) is 0 Å². The van der Waals surface area contributed by atoms with Gasteiger partial charge in [0, 0.05) is 33.9 Å². The van der Waals surface area contributed by atoms with Gasteiger partial charge in [-0.15, -0.1) is 0 Å². The summed E-state index contributed by atoms with van der Waals surface area (Å²) in [5, 5.41) is 8.69. The number of rotatable bonds is 7. The van der Waals surface area contributed by atoms with Gasteiger partial charge < -0.3 is 9.84 Å². The number of nitrogens with one attached hydrogen (secondary N) is 1. The quantitative estimate of drug-likeness (QED) is 0.570. The predicted octanol–water partition coefficient (Wildman–Crippen LogP) is -1.22. The summed E-state index contributed by atoms with van der Waals surface area (Å²) < 4.78 is 31.0. The van der Waals surface area contributed by atoms with E-state index in [-0.39, 0.29) is 13.2 Å². The zero-order valence-electron chi connectivity index (χ0n) is 8.73. The Balaban J connectivity index is 4.28. The summed E-state index contributed by atoms with van der Waals surface area (Å²) >= 11 is 0. The van der Waals surface area contributed by atoms with Crippen LogP contribution in [0, 0.1) is 0 Å². The van der Waals surface area contributed by atoms with E-state index >= 15 is 0 Å². The third kappa shape index (κ3) is 4.87. The Morgan fingerprint density at radius 3 is 2.43 bits per heavy atom. The van der Waals surface area contributed by atoms with Crippen LogP contribution in [0.25, 0.3) is 0 Å². The standard InChI is InChI=1S/C7H18N2O4S/c1-9(2)14(11,12)8-7(4-5-10)6-13-3/h7-8,10H,4-6H2,1-3H3. The fourth-order valence-corrected chi connectivity index (χ4v) is 1.67. The largest absolute Gasteiger partial charge is 0.396 e. The van der Waals surface area contributed by atoms with Crippen molar-refractivity contribution in [2.45, 2.75) is 12.5 Å². The van der Waals surface area contributed by atoms with Crippen molar-refractivity contribution in [3.63, 3.8) is 0 Å². The lowest BCUT2D eigenvalue weighted by molar-refractivity contribution is 0.157. The van der Waals surface area contributed by atoms with E-state index in [1.54, 1.807) is 0 Å². The molecule has 0 rings (SSSR count). The topological polar surface area (TPSA) is 78.9 Å². The molecule has 0 aromatic carbocycles. The van der Waals surface area contributed by atoms with Gasteiger partial charge in [0.05, 0.1) is 6.61 Å². The summed E-state index contributed by atoms with van der Waals surface area (Å²) in [6, 6.07) is -0.391. The molecule has 1 unspecified atom stereocenters. The molecule has 0 amide bonds. The maximum Gasteiger partial charge on any atom is 0.279 e. The van der Waals surface area contributed by atoms with E-state index in [4.69, 9.17) is 9.84 Å². The summed E-state index contributed by atoms with van der Waals surface area (Å²) in [6.07, 6.45) is 0.334. The van der Waals surface area contributed by atoms with Crippen molar-refractivity contribution in [2.24, 2.45) is 0 Å². The van der Waals surface area contributed by atoms with Crippen molar-refractivity contribution in [3.8, 4) is 0 Å². The first-order valence-electron chi connectivity index (χ1n) is 4.23.